The van der Waals surface area contributed by atoms with E-state index in [9.17, 15) is 0 Å². The van der Waals surface area contributed by atoms with Crippen molar-refractivity contribution in [1.29, 1.82) is 0 Å². The van der Waals surface area contributed by atoms with Crippen LogP contribution in [0.2, 0.25) is 0 Å². The van der Waals surface area contributed by atoms with E-state index in [0.29, 0.717) is 0 Å². The molecule has 0 N–H and O–H groups in total. The van der Waals surface area contributed by atoms with Crippen LogP contribution in [0.3, 0.4) is 0 Å². The maximum atomic E-state index is 5.89. The van der Waals surface area contributed by atoms with Gasteiger partial charge in [0, 0.05) is 13.2 Å². The second kappa shape index (κ2) is 41.0. The predicted octanol–water partition coefficient (Wildman–Crippen LogP) is 15.5. The number of unbranched alkanes of at least 4 members (excludes halogenated alkanes) is 35. The Morgan fingerprint density at radius 2 is 0.333 bits per heavy atom. The fourth-order valence-electron chi connectivity index (χ4n) is 6.49. The molecular formula is C41H84O. The minimum Gasteiger partial charge on any atom is -0.381 e. The average Bonchev–Trinajstić information content (AvgIpc) is 3.00. The SMILES string of the molecule is CCCCCCCCCCCCCCCCCCCCCCOCCCCCCCCCCCCCCCCCCC. The molecule has 1 heteroatoms. The molecule has 0 saturated heterocycles. The van der Waals surface area contributed by atoms with Crippen LogP contribution in [0.25, 0.3) is 0 Å². The van der Waals surface area contributed by atoms with Crippen LogP contribution in [-0.4, -0.2) is 13.2 Å². The highest BCUT2D eigenvalue weighted by Crippen LogP contribution is 2.16. The fourth-order valence-corrected chi connectivity index (χ4v) is 6.49. The summed E-state index contributed by atoms with van der Waals surface area (Å²) in [5, 5.41) is 0. The zero-order valence-corrected chi connectivity index (χ0v) is 30.0. The van der Waals surface area contributed by atoms with Gasteiger partial charge in [-0.05, 0) is 12.8 Å². The monoisotopic (exact) mass is 593 g/mol. The maximum absolute atomic E-state index is 5.89. The van der Waals surface area contributed by atoms with Crippen LogP contribution in [-0.2, 0) is 4.74 Å². The van der Waals surface area contributed by atoms with Gasteiger partial charge in [-0.15, -0.1) is 0 Å². The second-order valence-electron chi connectivity index (χ2n) is 14.0. The van der Waals surface area contributed by atoms with E-state index >= 15 is 0 Å². The van der Waals surface area contributed by atoms with Gasteiger partial charge < -0.3 is 4.74 Å². The van der Waals surface area contributed by atoms with Gasteiger partial charge in [0.25, 0.3) is 0 Å². The molecule has 0 saturated carbocycles. The van der Waals surface area contributed by atoms with Gasteiger partial charge in [0.1, 0.15) is 0 Å². The summed E-state index contributed by atoms with van der Waals surface area (Å²) < 4.78 is 5.89. The Morgan fingerprint density at radius 3 is 0.500 bits per heavy atom. The molecule has 0 bridgehead atoms. The summed E-state index contributed by atoms with van der Waals surface area (Å²) in [6.07, 6.45) is 53.5. The van der Waals surface area contributed by atoms with Crippen molar-refractivity contribution in [1.82, 2.24) is 0 Å². The van der Waals surface area contributed by atoms with Gasteiger partial charge in [-0.3, -0.25) is 0 Å². The smallest absolute Gasteiger partial charge is 0.0466 e. The van der Waals surface area contributed by atoms with Gasteiger partial charge in [-0.1, -0.05) is 239 Å². The highest BCUT2D eigenvalue weighted by Gasteiger charge is 1.97. The first-order chi connectivity index (χ1) is 20.9. The zero-order valence-electron chi connectivity index (χ0n) is 30.0. The molecule has 0 aliphatic rings. The van der Waals surface area contributed by atoms with Gasteiger partial charge in [0.15, 0.2) is 0 Å². The molecule has 0 aromatic rings. The van der Waals surface area contributed by atoms with Gasteiger partial charge in [-0.25, -0.2) is 0 Å². The second-order valence-corrected chi connectivity index (χ2v) is 14.0. The number of hydrogen-bond acceptors (Lipinski definition) is 1. The van der Waals surface area contributed by atoms with Crippen molar-refractivity contribution in [2.24, 2.45) is 0 Å². The van der Waals surface area contributed by atoms with Crippen LogP contribution in [0.15, 0.2) is 0 Å². The Bertz CT molecular complexity index is 393. The van der Waals surface area contributed by atoms with Crippen molar-refractivity contribution >= 4 is 0 Å². The van der Waals surface area contributed by atoms with Crippen LogP contribution < -0.4 is 0 Å². The standard InChI is InChI=1S/C41H84O/c1-3-5-7-9-11-13-15-17-19-21-22-23-25-27-29-31-33-35-37-39-41-42-40-38-36-34-32-30-28-26-24-20-18-16-14-12-10-8-6-4-2/h3-41H2,1-2H3. The molecule has 0 aliphatic heterocycles. The molecule has 0 atom stereocenters. The highest BCUT2D eigenvalue weighted by atomic mass is 16.5. The number of rotatable bonds is 39. The van der Waals surface area contributed by atoms with Crippen molar-refractivity contribution in [3.8, 4) is 0 Å². The van der Waals surface area contributed by atoms with Crippen LogP contribution in [0, 0.1) is 0 Å². The molecule has 1 nitrogen and oxygen atoms in total. The predicted molar refractivity (Wildman–Crippen MR) is 193 cm³/mol. The zero-order chi connectivity index (χ0) is 30.3. The molecule has 0 aliphatic carbocycles. The minimum absolute atomic E-state index is 0.998. The number of ether oxygens (including phenoxy) is 1. The maximum Gasteiger partial charge on any atom is 0.0466 e. The summed E-state index contributed by atoms with van der Waals surface area (Å²) >= 11 is 0. The summed E-state index contributed by atoms with van der Waals surface area (Å²) in [5.74, 6) is 0. The topological polar surface area (TPSA) is 9.23 Å². The first-order valence-electron chi connectivity index (χ1n) is 20.5. The Balaban J connectivity index is 3.02. The largest absolute Gasteiger partial charge is 0.381 e. The fraction of sp³-hybridized carbons (Fsp3) is 1.00. The Morgan fingerprint density at radius 1 is 0.190 bits per heavy atom. The van der Waals surface area contributed by atoms with E-state index in [1.54, 1.807) is 0 Å². The van der Waals surface area contributed by atoms with E-state index < -0.39 is 0 Å². The lowest BCUT2D eigenvalue weighted by molar-refractivity contribution is 0.125. The summed E-state index contributed by atoms with van der Waals surface area (Å²) in [4.78, 5) is 0. The van der Waals surface area contributed by atoms with Crippen molar-refractivity contribution in [3.63, 3.8) is 0 Å². The molecule has 0 aromatic heterocycles. The lowest BCUT2D eigenvalue weighted by atomic mass is 10.0. The van der Waals surface area contributed by atoms with Crippen molar-refractivity contribution in [3.05, 3.63) is 0 Å². The van der Waals surface area contributed by atoms with Crippen LogP contribution in [0.1, 0.15) is 251 Å². The third-order valence-electron chi connectivity index (χ3n) is 9.53. The van der Waals surface area contributed by atoms with Crippen LogP contribution >= 0.6 is 0 Å². The Hall–Kier alpha value is -0.0400. The summed E-state index contributed by atoms with van der Waals surface area (Å²) in [5.41, 5.74) is 0. The lowest BCUT2D eigenvalue weighted by Gasteiger charge is -2.06. The van der Waals surface area contributed by atoms with E-state index in [0.717, 1.165) is 13.2 Å². The molecule has 0 spiro atoms. The normalized spacial score (nSPS) is 11.6. The summed E-state index contributed by atoms with van der Waals surface area (Å²) in [7, 11) is 0. The van der Waals surface area contributed by atoms with Crippen LogP contribution in [0.4, 0.5) is 0 Å². The third kappa shape index (κ3) is 40.0. The van der Waals surface area contributed by atoms with Gasteiger partial charge in [0.2, 0.25) is 0 Å². The number of hydrogen-bond donors (Lipinski definition) is 0. The quantitative estimate of drug-likeness (QED) is 0.0645. The van der Waals surface area contributed by atoms with Gasteiger partial charge >= 0.3 is 0 Å². The van der Waals surface area contributed by atoms with Crippen LogP contribution in [0.5, 0.6) is 0 Å². The third-order valence-corrected chi connectivity index (χ3v) is 9.53. The van der Waals surface area contributed by atoms with Gasteiger partial charge in [-0.2, -0.15) is 0 Å². The lowest BCUT2D eigenvalue weighted by Crippen LogP contribution is -1.97. The van der Waals surface area contributed by atoms with Crippen molar-refractivity contribution in [2.45, 2.75) is 251 Å². The Kier molecular flexibility index (Phi) is 40.9. The minimum atomic E-state index is 0.998. The summed E-state index contributed by atoms with van der Waals surface area (Å²) in [6.45, 7) is 6.61. The molecule has 0 amide bonds. The van der Waals surface area contributed by atoms with E-state index in [2.05, 4.69) is 13.8 Å². The molecule has 0 radical (unpaired) electrons. The van der Waals surface area contributed by atoms with Crippen molar-refractivity contribution in [2.75, 3.05) is 13.2 Å². The Labute approximate surface area is 268 Å². The van der Waals surface area contributed by atoms with Gasteiger partial charge in [0.05, 0.1) is 0 Å². The van der Waals surface area contributed by atoms with E-state index in [4.69, 9.17) is 4.74 Å². The first kappa shape index (κ1) is 42.0. The molecule has 0 unspecified atom stereocenters. The highest BCUT2D eigenvalue weighted by molar-refractivity contribution is 4.52. The van der Waals surface area contributed by atoms with E-state index in [1.807, 2.05) is 0 Å². The molecule has 42 heavy (non-hydrogen) atoms. The molecule has 0 aromatic carbocycles. The van der Waals surface area contributed by atoms with Crippen molar-refractivity contribution < 1.29 is 4.74 Å². The molecule has 0 heterocycles. The average molecular weight is 593 g/mol. The molecule has 0 fully saturated rings. The molecular weight excluding hydrogens is 508 g/mol. The van der Waals surface area contributed by atoms with E-state index in [1.165, 1.54) is 238 Å². The summed E-state index contributed by atoms with van der Waals surface area (Å²) in [6, 6.07) is 0. The van der Waals surface area contributed by atoms with E-state index in [-0.39, 0.29) is 0 Å². The first-order valence-corrected chi connectivity index (χ1v) is 20.5. The molecule has 0 rings (SSSR count). The molecule has 254 valence electrons.